The van der Waals surface area contributed by atoms with E-state index < -0.39 is 0 Å². The normalized spacial score (nSPS) is 10.6. The van der Waals surface area contributed by atoms with Gasteiger partial charge in [0.2, 0.25) is 5.91 Å². The second kappa shape index (κ2) is 9.97. The highest BCUT2D eigenvalue weighted by molar-refractivity contribution is 6.03. The summed E-state index contributed by atoms with van der Waals surface area (Å²) in [5.41, 5.74) is 1.47. The summed E-state index contributed by atoms with van der Waals surface area (Å²) in [6.07, 6.45) is 4.17. The zero-order valence-electron chi connectivity index (χ0n) is 15.8. The monoisotopic (exact) mass is 373 g/mol. The Labute approximate surface area is 165 Å². The number of para-hydroxylation sites is 4. The Morgan fingerprint density at radius 2 is 1.57 bits per heavy atom. The lowest BCUT2D eigenvalue weighted by Crippen LogP contribution is -2.08. The third kappa shape index (κ3) is 5.48. The van der Waals surface area contributed by atoms with E-state index in [4.69, 9.17) is 9.47 Å². The first kappa shape index (κ1) is 19.2. The molecule has 0 aliphatic heterocycles. The van der Waals surface area contributed by atoms with E-state index in [0.29, 0.717) is 23.8 Å². The van der Waals surface area contributed by atoms with Crippen molar-refractivity contribution in [1.29, 1.82) is 0 Å². The number of ether oxygens (including phenoxy) is 2. The van der Waals surface area contributed by atoms with Gasteiger partial charge in [0, 0.05) is 11.6 Å². The molecule has 28 heavy (non-hydrogen) atoms. The van der Waals surface area contributed by atoms with Gasteiger partial charge in [0.05, 0.1) is 12.3 Å². The van der Waals surface area contributed by atoms with Gasteiger partial charge in [-0.15, -0.1) is 0 Å². The van der Waals surface area contributed by atoms with E-state index in [0.717, 1.165) is 17.7 Å². The second-order valence-corrected chi connectivity index (χ2v) is 6.12. The van der Waals surface area contributed by atoms with Crippen LogP contribution in [0.2, 0.25) is 0 Å². The van der Waals surface area contributed by atoms with Crippen LogP contribution in [0.15, 0.2) is 84.9 Å². The van der Waals surface area contributed by atoms with Crippen LogP contribution in [0.3, 0.4) is 0 Å². The van der Waals surface area contributed by atoms with E-state index in [1.807, 2.05) is 78.9 Å². The van der Waals surface area contributed by atoms with Crippen LogP contribution in [-0.2, 0) is 4.79 Å². The number of hydrogen-bond acceptors (Lipinski definition) is 3. The maximum absolute atomic E-state index is 12.4. The van der Waals surface area contributed by atoms with Crippen LogP contribution in [0.1, 0.15) is 18.9 Å². The maximum Gasteiger partial charge on any atom is 0.248 e. The van der Waals surface area contributed by atoms with Crippen molar-refractivity contribution in [3.05, 3.63) is 90.5 Å². The van der Waals surface area contributed by atoms with E-state index in [2.05, 4.69) is 12.2 Å². The first-order valence-electron chi connectivity index (χ1n) is 9.29. The van der Waals surface area contributed by atoms with Gasteiger partial charge in [-0.05, 0) is 42.8 Å². The summed E-state index contributed by atoms with van der Waals surface area (Å²) in [5, 5.41) is 2.87. The molecule has 0 radical (unpaired) electrons. The molecule has 3 aromatic carbocycles. The fourth-order valence-corrected chi connectivity index (χ4v) is 2.58. The largest absolute Gasteiger partial charge is 0.493 e. The zero-order chi connectivity index (χ0) is 19.6. The number of anilines is 1. The molecule has 0 spiro atoms. The number of nitrogens with one attached hydrogen (secondary N) is 1. The molecule has 0 bridgehead atoms. The lowest BCUT2D eigenvalue weighted by Gasteiger charge is -2.11. The average Bonchev–Trinajstić information content (AvgIpc) is 2.73. The molecule has 142 valence electrons. The molecule has 4 heteroatoms. The Kier molecular flexibility index (Phi) is 6.85. The van der Waals surface area contributed by atoms with Gasteiger partial charge < -0.3 is 14.8 Å². The minimum absolute atomic E-state index is 0.241. The van der Waals surface area contributed by atoms with Gasteiger partial charge in [0.25, 0.3) is 0 Å². The molecule has 0 saturated heterocycles. The maximum atomic E-state index is 12.4. The van der Waals surface area contributed by atoms with Gasteiger partial charge in [-0.3, -0.25) is 4.79 Å². The molecule has 0 aliphatic rings. The molecule has 4 nitrogen and oxygen atoms in total. The average molecular weight is 373 g/mol. The number of hydrogen-bond donors (Lipinski definition) is 1. The first-order chi connectivity index (χ1) is 13.8. The van der Waals surface area contributed by atoms with Crippen molar-refractivity contribution in [2.24, 2.45) is 0 Å². The van der Waals surface area contributed by atoms with E-state index in [1.165, 1.54) is 6.08 Å². The molecule has 0 aromatic heterocycles. The quantitative estimate of drug-likeness (QED) is 0.499. The summed E-state index contributed by atoms with van der Waals surface area (Å²) in [7, 11) is 0. The highest BCUT2D eigenvalue weighted by Gasteiger charge is 2.07. The van der Waals surface area contributed by atoms with Crippen molar-refractivity contribution in [1.82, 2.24) is 0 Å². The van der Waals surface area contributed by atoms with Crippen molar-refractivity contribution in [2.45, 2.75) is 13.3 Å². The van der Waals surface area contributed by atoms with Crippen LogP contribution >= 0.6 is 0 Å². The third-order valence-corrected chi connectivity index (χ3v) is 3.91. The lowest BCUT2D eigenvalue weighted by molar-refractivity contribution is -0.111. The van der Waals surface area contributed by atoms with Gasteiger partial charge >= 0.3 is 0 Å². The van der Waals surface area contributed by atoms with Crippen molar-refractivity contribution >= 4 is 17.7 Å². The Balaban J connectivity index is 1.70. The van der Waals surface area contributed by atoms with Crippen molar-refractivity contribution < 1.29 is 14.3 Å². The van der Waals surface area contributed by atoms with Crippen LogP contribution < -0.4 is 14.8 Å². The Bertz CT molecular complexity index is 935. The Morgan fingerprint density at radius 1 is 0.893 bits per heavy atom. The molecular weight excluding hydrogens is 350 g/mol. The molecule has 3 rings (SSSR count). The predicted octanol–water partition coefficient (Wildman–Crippen LogP) is 5.92. The zero-order valence-corrected chi connectivity index (χ0v) is 15.8. The molecular formula is C24H23NO3. The summed E-state index contributed by atoms with van der Waals surface area (Å²) in [5.74, 6) is 1.82. The van der Waals surface area contributed by atoms with Gasteiger partial charge in [0.1, 0.15) is 11.5 Å². The summed E-state index contributed by atoms with van der Waals surface area (Å²) in [4.78, 5) is 12.4. The van der Waals surface area contributed by atoms with E-state index in [1.54, 1.807) is 6.08 Å². The standard InChI is InChI=1S/C24H23NO3/c1-2-18-27-22-14-8-6-10-19(22)16-17-24(26)25-21-13-7-9-15-23(21)28-20-11-4-3-5-12-20/h3-17H,2,18H2,1H3,(H,25,26)/b17-16+. The predicted molar refractivity (Wildman–Crippen MR) is 113 cm³/mol. The van der Waals surface area contributed by atoms with Crippen molar-refractivity contribution in [3.8, 4) is 17.2 Å². The highest BCUT2D eigenvalue weighted by atomic mass is 16.5. The lowest BCUT2D eigenvalue weighted by atomic mass is 10.2. The molecule has 0 unspecified atom stereocenters. The molecule has 0 heterocycles. The Morgan fingerprint density at radius 3 is 2.36 bits per heavy atom. The van der Waals surface area contributed by atoms with Crippen LogP contribution in [0.25, 0.3) is 6.08 Å². The molecule has 0 saturated carbocycles. The van der Waals surface area contributed by atoms with Crippen molar-refractivity contribution in [3.63, 3.8) is 0 Å². The summed E-state index contributed by atoms with van der Waals surface area (Å²) in [6, 6.07) is 24.5. The van der Waals surface area contributed by atoms with Gasteiger partial charge in [0.15, 0.2) is 5.75 Å². The van der Waals surface area contributed by atoms with E-state index in [-0.39, 0.29) is 5.91 Å². The van der Waals surface area contributed by atoms with Gasteiger partial charge in [-0.1, -0.05) is 55.5 Å². The molecule has 0 aliphatic carbocycles. The smallest absolute Gasteiger partial charge is 0.248 e. The van der Waals surface area contributed by atoms with Crippen LogP contribution in [0.5, 0.6) is 17.2 Å². The summed E-state index contributed by atoms with van der Waals surface area (Å²) >= 11 is 0. The van der Waals surface area contributed by atoms with Crippen LogP contribution in [0.4, 0.5) is 5.69 Å². The molecule has 0 fully saturated rings. The topological polar surface area (TPSA) is 47.6 Å². The van der Waals surface area contributed by atoms with Crippen LogP contribution in [-0.4, -0.2) is 12.5 Å². The Hall–Kier alpha value is -3.53. The number of carbonyl (C=O) groups is 1. The molecule has 1 N–H and O–H groups in total. The van der Waals surface area contributed by atoms with Crippen LogP contribution in [0, 0.1) is 0 Å². The number of amides is 1. The molecule has 1 amide bonds. The van der Waals surface area contributed by atoms with Gasteiger partial charge in [-0.2, -0.15) is 0 Å². The third-order valence-electron chi connectivity index (χ3n) is 3.91. The van der Waals surface area contributed by atoms with Crippen molar-refractivity contribution in [2.75, 3.05) is 11.9 Å². The number of benzene rings is 3. The van der Waals surface area contributed by atoms with E-state index >= 15 is 0 Å². The highest BCUT2D eigenvalue weighted by Crippen LogP contribution is 2.29. The number of carbonyl (C=O) groups excluding carboxylic acids is 1. The van der Waals surface area contributed by atoms with Gasteiger partial charge in [-0.25, -0.2) is 0 Å². The first-order valence-corrected chi connectivity index (χ1v) is 9.29. The van der Waals surface area contributed by atoms with E-state index in [9.17, 15) is 4.79 Å². The minimum Gasteiger partial charge on any atom is -0.493 e. The fourth-order valence-electron chi connectivity index (χ4n) is 2.58. The fraction of sp³-hybridized carbons (Fsp3) is 0.125. The second-order valence-electron chi connectivity index (χ2n) is 6.12. The SMILES string of the molecule is CCCOc1ccccc1/C=C/C(=O)Nc1ccccc1Oc1ccccc1. The molecule has 0 atom stereocenters. The summed E-state index contributed by atoms with van der Waals surface area (Å²) in [6.45, 7) is 2.70. The molecule has 3 aromatic rings. The summed E-state index contributed by atoms with van der Waals surface area (Å²) < 4.78 is 11.6. The number of rotatable bonds is 8. The minimum atomic E-state index is -0.241.